The van der Waals surface area contributed by atoms with Crippen LogP contribution in [0.15, 0.2) is 84.9 Å². The van der Waals surface area contributed by atoms with Gasteiger partial charge in [0.1, 0.15) is 0 Å². The van der Waals surface area contributed by atoms with E-state index < -0.39 is 5.92 Å². The summed E-state index contributed by atoms with van der Waals surface area (Å²) in [6.07, 6.45) is 0. The van der Waals surface area contributed by atoms with Gasteiger partial charge in [0, 0.05) is 0 Å². The van der Waals surface area contributed by atoms with E-state index in [-0.39, 0.29) is 5.91 Å². The number of rotatable bonds is 3. The van der Waals surface area contributed by atoms with E-state index in [1.165, 1.54) is 0 Å². The smallest absolute Gasteiger partial charge is 0.229 e. The number of nitrogens with two attached hydrogens (primary N) is 1. The third kappa shape index (κ3) is 2.24. The van der Waals surface area contributed by atoms with E-state index in [9.17, 15) is 4.79 Å². The molecule has 0 fully saturated rings. The molecule has 0 spiro atoms. The molecular formula is C22H17NO. The monoisotopic (exact) mass is 311 g/mol. The summed E-state index contributed by atoms with van der Waals surface area (Å²) in [4.78, 5) is 12.3. The second-order valence-electron chi connectivity index (χ2n) is 5.94. The van der Waals surface area contributed by atoms with E-state index in [1.54, 1.807) is 0 Å². The van der Waals surface area contributed by atoms with E-state index in [0.29, 0.717) is 0 Å². The van der Waals surface area contributed by atoms with Gasteiger partial charge in [0.2, 0.25) is 5.91 Å². The van der Waals surface area contributed by atoms with Gasteiger partial charge in [0.25, 0.3) is 0 Å². The molecule has 116 valence electrons. The lowest BCUT2D eigenvalue weighted by molar-refractivity contribution is -0.118. The summed E-state index contributed by atoms with van der Waals surface area (Å²) in [5.74, 6) is -0.731. The molecule has 0 bridgehead atoms. The summed E-state index contributed by atoms with van der Waals surface area (Å²) < 4.78 is 0. The molecule has 1 amide bonds. The van der Waals surface area contributed by atoms with Crippen LogP contribution in [0, 0.1) is 0 Å². The summed E-state index contributed by atoms with van der Waals surface area (Å²) in [6, 6.07) is 28.3. The maximum absolute atomic E-state index is 12.3. The van der Waals surface area contributed by atoms with Crippen molar-refractivity contribution in [3.05, 3.63) is 107 Å². The SMILES string of the molecule is NC(=O)C1C(c2ccccc2)=C(c2ccccc2)c2ccccc21. The Balaban J connectivity index is 2.07. The lowest BCUT2D eigenvalue weighted by Gasteiger charge is -2.14. The Morgan fingerprint density at radius 3 is 1.88 bits per heavy atom. The standard InChI is InChI=1S/C22H17NO/c23-22(24)21-18-14-8-7-13-17(18)19(15-9-3-1-4-10-15)20(21)16-11-5-2-6-12-16/h1-14,21H,(H2,23,24). The first-order chi connectivity index (χ1) is 11.8. The van der Waals surface area contributed by atoms with Crippen LogP contribution in [0.3, 0.4) is 0 Å². The molecule has 0 saturated carbocycles. The third-order valence-electron chi connectivity index (χ3n) is 4.53. The molecule has 2 nitrogen and oxygen atoms in total. The highest BCUT2D eigenvalue weighted by molar-refractivity contribution is 6.13. The fourth-order valence-electron chi connectivity index (χ4n) is 3.56. The number of fused-ring (bicyclic) bond motifs is 1. The van der Waals surface area contributed by atoms with Gasteiger partial charge in [-0.05, 0) is 33.4 Å². The molecule has 0 saturated heterocycles. The van der Waals surface area contributed by atoms with Crippen molar-refractivity contribution >= 4 is 17.1 Å². The van der Waals surface area contributed by atoms with Crippen LogP contribution in [0.1, 0.15) is 28.2 Å². The molecule has 4 rings (SSSR count). The summed E-state index contributed by atoms with van der Waals surface area (Å²) >= 11 is 0. The van der Waals surface area contributed by atoms with Crippen molar-refractivity contribution in [3.63, 3.8) is 0 Å². The average molecular weight is 311 g/mol. The summed E-state index contributed by atoms with van der Waals surface area (Å²) in [7, 11) is 0. The normalized spacial score (nSPS) is 16.1. The molecule has 2 N–H and O–H groups in total. The Labute approximate surface area is 141 Å². The number of benzene rings is 3. The van der Waals surface area contributed by atoms with Gasteiger partial charge in [-0.1, -0.05) is 84.9 Å². The number of hydrogen-bond acceptors (Lipinski definition) is 1. The first-order valence-electron chi connectivity index (χ1n) is 8.01. The number of hydrogen-bond donors (Lipinski definition) is 1. The van der Waals surface area contributed by atoms with Crippen LogP contribution < -0.4 is 5.73 Å². The van der Waals surface area contributed by atoms with Gasteiger partial charge in [-0.25, -0.2) is 0 Å². The van der Waals surface area contributed by atoms with Crippen LogP contribution in [0.4, 0.5) is 0 Å². The Morgan fingerprint density at radius 2 is 1.25 bits per heavy atom. The van der Waals surface area contributed by atoms with Crippen LogP contribution in [0.2, 0.25) is 0 Å². The molecule has 3 aromatic rings. The first-order valence-corrected chi connectivity index (χ1v) is 8.01. The molecule has 3 aromatic carbocycles. The lowest BCUT2D eigenvalue weighted by Crippen LogP contribution is -2.21. The molecule has 0 radical (unpaired) electrons. The highest BCUT2D eigenvalue weighted by atomic mass is 16.1. The zero-order chi connectivity index (χ0) is 16.5. The molecule has 0 aromatic heterocycles. The average Bonchev–Trinajstić information content (AvgIpc) is 2.98. The molecule has 1 aliphatic rings. The summed E-state index contributed by atoms with van der Waals surface area (Å²) in [5.41, 5.74) is 12.1. The molecule has 2 heteroatoms. The molecule has 0 aliphatic heterocycles. The fraction of sp³-hybridized carbons (Fsp3) is 0.0455. The number of primary amides is 1. The van der Waals surface area contributed by atoms with Crippen molar-refractivity contribution in [2.24, 2.45) is 5.73 Å². The topological polar surface area (TPSA) is 43.1 Å². The highest BCUT2D eigenvalue weighted by Crippen LogP contribution is 2.49. The van der Waals surface area contributed by atoms with E-state index >= 15 is 0 Å². The van der Waals surface area contributed by atoms with Gasteiger partial charge in [-0.2, -0.15) is 0 Å². The summed E-state index contributed by atoms with van der Waals surface area (Å²) in [5, 5.41) is 0. The minimum absolute atomic E-state index is 0.313. The molecule has 0 heterocycles. The molecular weight excluding hydrogens is 294 g/mol. The highest BCUT2D eigenvalue weighted by Gasteiger charge is 2.35. The molecule has 1 aliphatic carbocycles. The Morgan fingerprint density at radius 1 is 0.708 bits per heavy atom. The second kappa shape index (κ2) is 5.82. The Hall–Kier alpha value is -3.13. The largest absolute Gasteiger partial charge is 0.369 e. The van der Waals surface area contributed by atoms with Crippen LogP contribution in [-0.4, -0.2) is 5.91 Å². The zero-order valence-electron chi connectivity index (χ0n) is 13.1. The van der Waals surface area contributed by atoms with Crippen molar-refractivity contribution in [2.75, 3.05) is 0 Å². The van der Waals surface area contributed by atoms with Gasteiger partial charge >= 0.3 is 0 Å². The molecule has 24 heavy (non-hydrogen) atoms. The van der Waals surface area contributed by atoms with Gasteiger partial charge in [0.05, 0.1) is 5.92 Å². The van der Waals surface area contributed by atoms with Crippen LogP contribution in [0.25, 0.3) is 11.1 Å². The number of carbonyl (C=O) groups excluding carboxylic acids is 1. The predicted octanol–water partition coefficient (Wildman–Crippen LogP) is 4.23. The minimum atomic E-state index is -0.418. The van der Waals surface area contributed by atoms with Crippen molar-refractivity contribution in [2.45, 2.75) is 5.92 Å². The zero-order valence-corrected chi connectivity index (χ0v) is 13.1. The van der Waals surface area contributed by atoms with Crippen LogP contribution in [-0.2, 0) is 4.79 Å². The van der Waals surface area contributed by atoms with Crippen molar-refractivity contribution in [1.82, 2.24) is 0 Å². The van der Waals surface area contributed by atoms with Crippen molar-refractivity contribution in [3.8, 4) is 0 Å². The fourth-order valence-corrected chi connectivity index (χ4v) is 3.56. The van der Waals surface area contributed by atoms with E-state index in [4.69, 9.17) is 5.73 Å². The Bertz CT molecular complexity index is 926. The maximum Gasteiger partial charge on any atom is 0.229 e. The second-order valence-corrected chi connectivity index (χ2v) is 5.94. The number of carbonyl (C=O) groups is 1. The molecule has 1 atom stereocenters. The minimum Gasteiger partial charge on any atom is -0.369 e. The van der Waals surface area contributed by atoms with E-state index in [1.807, 2.05) is 66.7 Å². The van der Waals surface area contributed by atoms with Gasteiger partial charge in [0.15, 0.2) is 0 Å². The van der Waals surface area contributed by atoms with Crippen molar-refractivity contribution in [1.29, 1.82) is 0 Å². The lowest BCUT2D eigenvalue weighted by atomic mass is 9.89. The molecule has 1 unspecified atom stereocenters. The quantitative estimate of drug-likeness (QED) is 0.773. The van der Waals surface area contributed by atoms with E-state index in [0.717, 1.165) is 33.4 Å². The van der Waals surface area contributed by atoms with Gasteiger partial charge in [-0.15, -0.1) is 0 Å². The predicted molar refractivity (Wildman–Crippen MR) is 97.2 cm³/mol. The van der Waals surface area contributed by atoms with Gasteiger partial charge in [-0.3, -0.25) is 4.79 Å². The first kappa shape index (κ1) is 14.5. The maximum atomic E-state index is 12.3. The Kier molecular flexibility index (Phi) is 3.51. The van der Waals surface area contributed by atoms with Gasteiger partial charge < -0.3 is 5.73 Å². The third-order valence-corrected chi connectivity index (χ3v) is 4.53. The van der Waals surface area contributed by atoms with Crippen molar-refractivity contribution < 1.29 is 4.79 Å². The summed E-state index contributed by atoms with van der Waals surface area (Å²) in [6.45, 7) is 0. The van der Waals surface area contributed by atoms with Crippen LogP contribution in [0.5, 0.6) is 0 Å². The number of amides is 1. The van der Waals surface area contributed by atoms with E-state index in [2.05, 4.69) is 18.2 Å². The van der Waals surface area contributed by atoms with Crippen LogP contribution >= 0.6 is 0 Å².